The molecule has 1 fully saturated rings. The fourth-order valence-electron chi connectivity index (χ4n) is 3.46. The average Bonchev–Trinajstić information content (AvgIpc) is 2.62. The predicted molar refractivity (Wildman–Crippen MR) is 105 cm³/mol. The zero-order valence-corrected chi connectivity index (χ0v) is 16.8. The molecule has 0 radical (unpaired) electrons. The minimum absolute atomic E-state index is 0.0110. The van der Waals surface area contributed by atoms with Crippen LogP contribution in [0.15, 0.2) is 18.3 Å². The molecule has 1 aromatic rings. The lowest BCUT2D eigenvalue weighted by atomic mass is 9.88. The molecule has 1 saturated heterocycles. The minimum Gasteiger partial charge on any atom is -0.306 e. The number of aromatic nitrogens is 1. The van der Waals surface area contributed by atoms with E-state index in [-0.39, 0.29) is 17.6 Å². The van der Waals surface area contributed by atoms with Crippen LogP contribution in [0.5, 0.6) is 0 Å². The van der Waals surface area contributed by atoms with Gasteiger partial charge in [0.15, 0.2) is 0 Å². The van der Waals surface area contributed by atoms with Gasteiger partial charge in [-0.2, -0.15) is 0 Å². The van der Waals surface area contributed by atoms with Crippen molar-refractivity contribution in [3.05, 3.63) is 29.6 Å². The number of Topliss-reactive ketones (excluding diaryl/α,β-unsaturated/α-hetero) is 2. The van der Waals surface area contributed by atoms with Crippen molar-refractivity contribution in [1.82, 2.24) is 9.88 Å². The largest absolute Gasteiger partial charge is 0.306 e. The van der Waals surface area contributed by atoms with Crippen molar-refractivity contribution < 1.29 is 9.59 Å². The van der Waals surface area contributed by atoms with Gasteiger partial charge in [0, 0.05) is 36.6 Å². The Balaban J connectivity index is 1.76. The third-order valence-corrected chi connectivity index (χ3v) is 5.61. The van der Waals surface area contributed by atoms with E-state index in [1.807, 2.05) is 32.9 Å². The molecule has 1 aliphatic heterocycles. The van der Waals surface area contributed by atoms with E-state index < -0.39 is 0 Å². The van der Waals surface area contributed by atoms with Gasteiger partial charge in [0.1, 0.15) is 11.6 Å². The van der Waals surface area contributed by atoms with Crippen LogP contribution in [0.1, 0.15) is 57.7 Å². The van der Waals surface area contributed by atoms with E-state index in [1.165, 1.54) is 12.8 Å². The smallest absolute Gasteiger partial charge is 0.139 e. The molecule has 1 unspecified atom stereocenters. The van der Waals surface area contributed by atoms with Gasteiger partial charge in [0.2, 0.25) is 0 Å². The summed E-state index contributed by atoms with van der Waals surface area (Å²) in [6.45, 7) is 8.16. The molecule has 26 heavy (non-hydrogen) atoms. The number of likely N-dealkylation sites (tertiary alicyclic amines) is 1. The molecule has 2 heterocycles. The molecule has 0 spiro atoms. The summed E-state index contributed by atoms with van der Waals surface area (Å²) in [5.41, 5.74) is 1.89. The Morgan fingerprint density at radius 1 is 1.15 bits per heavy atom. The normalized spacial score (nSPS) is 17.4. The monoisotopic (exact) mass is 358 g/mol. The molecule has 144 valence electrons. The zero-order valence-electron chi connectivity index (χ0n) is 16.8. The number of carbonyl (C=O) groups is 2. The van der Waals surface area contributed by atoms with Crippen LogP contribution in [0.3, 0.4) is 0 Å². The van der Waals surface area contributed by atoms with Crippen LogP contribution in [0.4, 0.5) is 0 Å². The SMILES string of the molecule is CC(C)C(=O)Cc1ccc(CC(C)C(=O)CCC2CCN(C)CC2)nc1. The van der Waals surface area contributed by atoms with Gasteiger partial charge in [0.05, 0.1) is 0 Å². The van der Waals surface area contributed by atoms with Gasteiger partial charge in [-0.25, -0.2) is 0 Å². The van der Waals surface area contributed by atoms with Gasteiger partial charge in [-0.3, -0.25) is 14.6 Å². The average molecular weight is 359 g/mol. The molecule has 1 aromatic heterocycles. The topological polar surface area (TPSA) is 50.3 Å². The van der Waals surface area contributed by atoms with Crippen molar-refractivity contribution in [3.8, 4) is 0 Å². The predicted octanol–water partition coefficient (Wildman–Crippen LogP) is 3.72. The second kappa shape index (κ2) is 9.96. The van der Waals surface area contributed by atoms with Crippen molar-refractivity contribution in [2.45, 2.75) is 59.3 Å². The van der Waals surface area contributed by atoms with Crippen molar-refractivity contribution in [2.24, 2.45) is 17.8 Å². The van der Waals surface area contributed by atoms with E-state index in [1.54, 1.807) is 6.20 Å². The lowest BCUT2D eigenvalue weighted by Gasteiger charge is -2.28. The molecule has 1 aliphatic rings. The van der Waals surface area contributed by atoms with Gasteiger partial charge >= 0.3 is 0 Å². The van der Waals surface area contributed by atoms with Gasteiger partial charge in [-0.1, -0.05) is 26.8 Å². The molecular weight excluding hydrogens is 324 g/mol. The van der Waals surface area contributed by atoms with Crippen LogP contribution in [0.2, 0.25) is 0 Å². The number of carbonyl (C=O) groups excluding carboxylic acids is 2. The highest BCUT2D eigenvalue weighted by Gasteiger charge is 2.20. The van der Waals surface area contributed by atoms with Crippen LogP contribution in [0, 0.1) is 17.8 Å². The third kappa shape index (κ3) is 6.64. The van der Waals surface area contributed by atoms with Crippen LogP contribution in [0.25, 0.3) is 0 Å². The van der Waals surface area contributed by atoms with Crippen LogP contribution < -0.4 is 0 Å². The Morgan fingerprint density at radius 2 is 1.85 bits per heavy atom. The summed E-state index contributed by atoms with van der Waals surface area (Å²) >= 11 is 0. The fourth-order valence-corrected chi connectivity index (χ4v) is 3.46. The van der Waals surface area contributed by atoms with E-state index in [4.69, 9.17) is 0 Å². The lowest BCUT2D eigenvalue weighted by Crippen LogP contribution is -2.30. The minimum atomic E-state index is 0.0110. The van der Waals surface area contributed by atoms with Crippen molar-refractivity contribution in [1.29, 1.82) is 0 Å². The molecule has 4 heteroatoms. The molecule has 0 bridgehead atoms. The summed E-state index contributed by atoms with van der Waals surface area (Å²) in [6, 6.07) is 3.93. The fraction of sp³-hybridized carbons (Fsp3) is 0.682. The number of ketones is 2. The highest BCUT2D eigenvalue weighted by molar-refractivity contribution is 5.82. The lowest BCUT2D eigenvalue weighted by molar-refractivity contribution is -0.123. The Morgan fingerprint density at radius 3 is 2.42 bits per heavy atom. The summed E-state index contributed by atoms with van der Waals surface area (Å²) in [5.74, 6) is 1.36. The quantitative estimate of drug-likeness (QED) is 0.675. The molecule has 0 aliphatic carbocycles. The van der Waals surface area contributed by atoms with Crippen molar-refractivity contribution in [2.75, 3.05) is 20.1 Å². The second-order valence-corrected chi connectivity index (χ2v) is 8.31. The number of rotatable bonds is 9. The second-order valence-electron chi connectivity index (χ2n) is 8.31. The molecule has 0 amide bonds. The molecule has 4 nitrogen and oxygen atoms in total. The van der Waals surface area contributed by atoms with Crippen LogP contribution >= 0.6 is 0 Å². The number of hydrogen-bond donors (Lipinski definition) is 0. The van der Waals surface area contributed by atoms with Crippen LogP contribution in [-0.4, -0.2) is 41.6 Å². The molecule has 1 atom stereocenters. The van der Waals surface area contributed by atoms with Gasteiger partial charge in [0.25, 0.3) is 0 Å². The molecular formula is C22H34N2O2. The summed E-state index contributed by atoms with van der Waals surface area (Å²) in [7, 11) is 2.17. The number of hydrogen-bond acceptors (Lipinski definition) is 4. The Bertz CT molecular complexity index is 587. The van der Waals surface area contributed by atoms with Crippen molar-refractivity contribution >= 4 is 11.6 Å². The summed E-state index contributed by atoms with van der Waals surface area (Å²) < 4.78 is 0. The van der Waals surface area contributed by atoms with E-state index in [0.29, 0.717) is 31.0 Å². The maximum absolute atomic E-state index is 12.5. The third-order valence-electron chi connectivity index (χ3n) is 5.61. The summed E-state index contributed by atoms with van der Waals surface area (Å²) in [4.78, 5) is 31.1. The van der Waals surface area contributed by atoms with Crippen molar-refractivity contribution in [3.63, 3.8) is 0 Å². The van der Waals surface area contributed by atoms with E-state index in [9.17, 15) is 9.59 Å². The van der Waals surface area contributed by atoms with E-state index in [2.05, 4.69) is 16.9 Å². The molecule has 0 aromatic carbocycles. The van der Waals surface area contributed by atoms with Gasteiger partial charge < -0.3 is 4.90 Å². The standard InChI is InChI=1S/C22H34N2O2/c1-16(2)22(26)14-19-5-7-20(23-15-19)13-17(3)21(25)8-6-18-9-11-24(4)12-10-18/h5,7,15-18H,6,8-14H2,1-4H3. The van der Waals surface area contributed by atoms with Crippen LogP contribution in [-0.2, 0) is 22.4 Å². The number of pyridine rings is 1. The van der Waals surface area contributed by atoms with Gasteiger partial charge in [-0.05, 0) is 63.4 Å². The maximum atomic E-state index is 12.5. The van der Waals surface area contributed by atoms with E-state index >= 15 is 0 Å². The molecule has 0 N–H and O–H groups in total. The molecule has 0 saturated carbocycles. The first-order valence-electron chi connectivity index (χ1n) is 10.0. The summed E-state index contributed by atoms with van der Waals surface area (Å²) in [5, 5.41) is 0. The first kappa shape index (κ1) is 20.8. The van der Waals surface area contributed by atoms with Gasteiger partial charge in [-0.15, -0.1) is 0 Å². The first-order chi connectivity index (χ1) is 12.3. The Kier molecular flexibility index (Phi) is 7.95. The maximum Gasteiger partial charge on any atom is 0.139 e. The highest BCUT2D eigenvalue weighted by Crippen LogP contribution is 2.22. The number of piperidine rings is 1. The Labute approximate surface area is 158 Å². The zero-order chi connectivity index (χ0) is 19.1. The van der Waals surface area contributed by atoms with E-state index in [0.717, 1.165) is 30.8 Å². The molecule has 2 rings (SSSR count). The highest BCUT2D eigenvalue weighted by atomic mass is 16.1. The summed E-state index contributed by atoms with van der Waals surface area (Å²) in [6.07, 6.45) is 7.07. The Hall–Kier alpha value is -1.55. The first-order valence-corrected chi connectivity index (χ1v) is 10.0. The number of nitrogens with zero attached hydrogens (tertiary/aromatic N) is 2.